The topological polar surface area (TPSA) is 63.6 Å². The van der Waals surface area contributed by atoms with E-state index in [1.165, 1.54) is 23.5 Å². The van der Waals surface area contributed by atoms with E-state index < -0.39 is 12.0 Å². The van der Waals surface area contributed by atoms with E-state index in [0.717, 1.165) is 0 Å². The van der Waals surface area contributed by atoms with E-state index in [1.807, 2.05) is 5.38 Å². The standard InChI is InChI=1S/C16H13BrFN3O2S/c1-2-23-16(22)11-8-20-14(15-19-5-6-24-15)21-13(11)10-4-3-9(18)7-12(10)17/h3-8,13H,2H2,1H3,(H,20,21)/t13-/m0/s1. The summed E-state index contributed by atoms with van der Waals surface area (Å²) in [6, 6.07) is 3.67. The molecular weight excluding hydrogens is 397 g/mol. The number of esters is 1. The number of thiazole rings is 1. The molecule has 0 radical (unpaired) electrons. The highest BCUT2D eigenvalue weighted by Gasteiger charge is 2.29. The monoisotopic (exact) mass is 409 g/mol. The smallest absolute Gasteiger partial charge is 0.338 e. The van der Waals surface area contributed by atoms with Crippen LogP contribution in [0.25, 0.3) is 0 Å². The Balaban J connectivity index is 2.04. The first-order valence-electron chi connectivity index (χ1n) is 7.16. The highest BCUT2D eigenvalue weighted by molar-refractivity contribution is 9.10. The molecule has 8 heteroatoms. The van der Waals surface area contributed by atoms with Crippen LogP contribution in [0.5, 0.6) is 0 Å². The second kappa shape index (κ2) is 7.23. The van der Waals surface area contributed by atoms with Crippen molar-refractivity contribution in [3.05, 3.63) is 62.4 Å². The van der Waals surface area contributed by atoms with Gasteiger partial charge in [-0.3, -0.25) is 4.99 Å². The minimum Gasteiger partial charge on any atom is -0.463 e. The fourth-order valence-corrected chi connectivity index (χ4v) is 3.43. The van der Waals surface area contributed by atoms with Crippen LogP contribution < -0.4 is 5.32 Å². The molecule has 0 bridgehead atoms. The summed E-state index contributed by atoms with van der Waals surface area (Å²) < 4.78 is 19.0. The molecule has 0 saturated carbocycles. The van der Waals surface area contributed by atoms with Gasteiger partial charge < -0.3 is 10.1 Å². The van der Waals surface area contributed by atoms with Gasteiger partial charge in [0.25, 0.3) is 0 Å². The molecule has 0 saturated heterocycles. The fourth-order valence-electron chi connectivity index (χ4n) is 2.26. The summed E-state index contributed by atoms with van der Waals surface area (Å²) in [4.78, 5) is 21.1. The molecule has 5 nitrogen and oxygen atoms in total. The maximum absolute atomic E-state index is 13.4. The van der Waals surface area contributed by atoms with Crippen molar-refractivity contribution >= 4 is 39.1 Å². The Bertz CT molecular complexity index is 821. The summed E-state index contributed by atoms with van der Waals surface area (Å²) in [5.41, 5.74) is 1.02. The number of hydrogen-bond acceptors (Lipinski definition) is 6. The zero-order chi connectivity index (χ0) is 17.1. The molecule has 2 heterocycles. The van der Waals surface area contributed by atoms with Crippen molar-refractivity contribution in [1.82, 2.24) is 10.3 Å². The van der Waals surface area contributed by atoms with Crippen LogP contribution in [0.4, 0.5) is 4.39 Å². The van der Waals surface area contributed by atoms with Crippen molar-refractivity contribution in [2.45, 2.75) is 13.0 Å². The molecule has 1 aliphatic rings. The third-order valence-electron chi connectivity index (χ3n) is 3.32. The summed E-state index contributed by atoms with van der Waals surface area (Å²) in [6.07, 6.45) is 3.25. The zero-order valence-corrected chi connectivity index (χ0v) is 15.0. The SMILES string of the molecule is CCOC(=O)C1=CNC(c2nccs2)=N[C@H]1c1ccc(F)cc1Br. The van der Waals surface area contributed by atoms with E-state index in [1.54, 1.807) is 25.4 Å². The predicted molar refractivity (Wildman–Crippen MR) is 93.3 cm³/mol. The minimum absolute atomic E-state index is 0.260. The summed E-state index contributed by atoms with van der Waals surface area (Å²) in [5.74, 6) is -0.280. The molecule has 1 aliphatic heterocycles. The van der Waals surface area contributed by atoms with Crippen LogP contribution in [0.2, 0.25) is 0 Å². The lowest BCUT2D eigenvalue weighted by Crippen LogP contribution is -2.29. The van der Waals surface area contributed by atoms with E-state index in [4.69, 9.17) is 4.74 Å². The molecular formula is C16H13BrFN3O2S. The predicted octanol–water partition coefficient (Wildman–Crippen LogP) is 3.58. The van der Waals surface area contributed by atoms with Gasteiger partial charge in [0.05, 0.1) is 12.2 Å². The first kappa shape index (κ1) is 16.8. The Hall–Kier alpha value is -2.06. The molecule has 0 spiro atoms. The Labute approximate surface area is 150 Å². The number of amidine groups is 1. The molecule has 0 aliphatic carbocycles. The first-order valence-corrected chi connectivity index (χ1v) is 8.83. The number of rotatable bonds is 4. The molecule has 0 amide bonds. The highest BCUT2D eigenvalue weighted by Crippen LogP contribution is 2.34. The maximum atomic E-state index is 13.4. The second-order valence-corrected chi connectivity index (χ2v) is 6.60. The molecule has 1 aromatic carbocycles. The highest BCUT2D eigenvalue weighted by atomic mass is 79.9. The minimum atomic E-state index is -0.612. The fraction of sp³-hybridized carbons (Fsp3) is 0.188. The van der Waals surface area contributed by atoms with Crippen LogP contribution in [0.1, 0.15) is 23.5 Å². The molecule has 124 valence electrons. The summed E-state index contributed by atoms with van der Waals surface area (Å²) in [6.45, 7) is 2.00. The molecule has 2 aromatic rings. The van der Waals surface area contributed by atoms with Gasteiger partial charge in [-0.1, -0.05) is 22.0 Å². The van der Waals surface area contributed by atoms with E-state index in [0.29, 0.717) is 26.5 Å². The van der Waals surface area contributed by atoms with Gasteiger partial charge in [-0.15, -0.1) is 11.3 Å². The van der Waals surface area contributed by atoms with E-state index >= 15 is 0 Å². The van der Waals surface area contributed by atoms with Gasteiger partial charge in [-0.05, 0) is 24.6 Å². The number of aromatic nitrogens is 1. The van der Waals surface area contributed by atoms with Gasteiger partial charge in [-0.2, -0.15) is 0 Å². The Morgan fingerprint density at radius 2 is 2.33 bits per heavy atom. The number of aliphatic imine (C=N–C) groups is 1. The van der Waals surface area contributed by atoms with Crippen molar-refractivity contribution < 1.29 is 13.9 Å². The zero-order valence-electron chi connectivity index (χ0n) is 12.6. The number of carbonyl (C=O) groups excluding carboxylic acids is 1. The van der Waals surface area contributed by atoms with Gasteiger partial charge in [-0.25, -0.2) is 14.2 Å². The van der Waals surface area contributed by atoms with Gasteiger partial charge in [0.15, 0.2) is 10.8 Å². The summed E-state index contributed by atoms with van der Waals surface area (Å²) >= 11 is 4.78. The molecule has 0 fully saturated rings. The van der Waals surface area contributed by atoms with E-state index in [-0.39, 0.29) is 12.4 Å². The third-order valence-corrected chi connectivity index (χ3v) is 4.79. The third kappa shape index (κ3) is 3.39. The summed E-state index contributed by atoms with van der Waals surface area (Å²) in [7, 11) is 0. The van der Waals surface area contributed by atoms with E-state index in [2.05, 4.69) is 31.2 Å². The van der Waals surface area contributed by atoms with Crippen LogP contribution in [0.3, 0.4) is 0 Å². The number of nitrogens with zero attached hydrogens (tertiary/aromatic N) is 2. The largest absolute Gasteiger partial charge is 0.463 e. The molecule has 1 aromatic heterocycles. The van der Waals surface area contributed by atoms with Gasteiger partial charge in [0.2, 0.25) is 0 Å². The molecule has 1 atom stereocenters. The van der Waals surface area contributed by atoms with Crippen LogP contribution in [0, 0.1) is 5.82 Å². The lowest BCUT2D eigenvalue weighted by molar-refractivity contribution is -0.138. The Kier molecular flexibility index (Phi) is 5.06. The number of ether oxygens (including phenoxy) is 1. The molecule has 0 unspecified atom stereocenters. The van der Waals surface area contributed by atoms with Crippen molar-refractivity contribution in [2.24, 2.45) is 4.99 Å². The Morgan fingerprint density at radius 1 is 1.50 bits per heavy atom. The lowest BCUT2D eigenvalue weighted by Gasteiger charge is -2.22. The molecule has 1 N–H and O–H groups in total. The van der Waals surface area contributed by atoms with Crippen LogP contribution in [0.15, 0.2) is 51.0 Å². The lowest BCUT2D eigenvalue weighted by atomic mass is 9.98. The average Bonchev–Trinajstić information content (AvgIpc) is 3.09. The number of hydrogen-bond donors (Lipinski definition) is 1. The molecule has 3 rings (SSSR count). The number of benzene rings is 1. The summed E-state index contributed by atoms with van der Waals surface area (Å²) in [5, 5.41) is 5.53. The van der Waals surface area contributed by atoms with Crippen LogP contribution >= 0.6 is 27.3 Å². The maximum Gasteiger partial charge on any atom is 0.338 e. The van der Waals surface area contributed by atoms with Crippen molar-refractivity contribution in [1.29, 1.82) is 0 Å². The Morgan fingerprint density at radius 3 is 3.00 bits per heavy atom. The number of halogens is 2. The normalized spacial score (nSPS) is 16.9. The van der Waals surface area contributed by atoms with Gasteiger partial charge in [0, 0.05) is 22.2 Å². The number of nitrogens with one attached hydrogen (secondary N) is 1. The van der Waals surface area contributed by atoms with Crippen molar-refractivity contribution in [2.75, 3.05) is 6.61 Å². The van der Waals surface area contributed by atoms with Crippen molar-refractivity contribution in [3.8, 4) is 0 Å². The second-order valence-electron chi connectivity index (χ2n) is 4.85. The van der Waals surface area contributed by atoms with Gasteiger partial charge >= 0.3 is 5.97 Å². The van der Waals surface area contributed by atoms with Crippen molar-refractivity contribution in [3.63, 3.8) is 0 Å². The van der Waals surface area contributed by atoms with Crippen LogP contribution in [-0.2, 0) is 9.53 Å². The van der Waals surface area contributed by atoms with Crippen LogP contribution in [-0.4, -0.2) is 23.4 Å². The quantitative estimate of drug-likeness (QED) is 0.783. The molecule has 24 heavy (non-hydrogen) atoms. The van der Waals surface area contributed by atoms with E-state index in [9.17, 15) is 9.18 Å². The average molecular weight is 410 g/mol. The van der Waals surface area contributed by atoms with Gasteiger partial charge in [0.1, 0.15) is 11.9 Å². The first-order chi connectivity index (χ1) is 11.6. The number of carbonyl (C=O) groups is 1.